The van der Waals surface area contributed by atoms with E-state index in [0.29, 0.717) is 23.7 Å². The fraction of sp³-hybridized carbons (Fsp3) is 0.467. The van der Waals surface area contributed by atoms with Crippen molar-refractivity contribution in [1.82, 2.24) is 0 Å². The van der Waals surface area contributed by atoms with Gasteiger partial charge in [-0.3, -0.25) is 10.1 Å². The molecule has 0 unspecified atom stereocenters. The van der Waals surface area contributed by atoms with Crippen molar-refractivity contribution in [2.45, 2.75) is 25.9 Å². The summed E-state index contributed by atoms with van der Waals surface area (Å²) in [6.45, 7) is 2.62. The number of carbonyl (C=O) groups is 2. The van der Waals surface area contributed by atoms with Gasteiger partial charge in [0.2, 0.25) is 0 Å². The Kier molecular flexibility index (Phi) is 5.60. The second-order valence-corrected chi connectivity index (χ2v) is 4.75. The van der Waals surface area contributed by atoms with E-state index in [9.17, 15) is 9.59 Å². The maximum Gasteiger partial charge on any atom is 0.411 e. The number of nitrogens with one attached hydrogen (secondary N) is 2. The first kappa shape index (κ1) is 16.1. The number of ether oxygens (including phenoxy) is 3. The van der Waals surface area contributed by atoms with Gasteiger partial charge in [-0.25, -0.2) is 4.79 Å². The first-order valence-electron chi connectivity index (χ1n) is 7.18. The Labute approximate surface area is 128 Å². The zero-order chi connectivity index (χ0) is 15.9. The second-order valence-electron chi connectivity index (χ2n) is 4.75. The highest BCUT2D eigenvalue weighted by molar-refractivity contribution is 5.95. The molecule has 1 aromatic carbocycles. The van der Waals surface area contributed by atoms with Crippen LogP contribution in [0.1, 0.15) is 19.8 Å². The van der Waals surface area contributed by atoms with Crippen LogP contribution in [0.3, 0.4) is 0 Å². The first-order valence-corrected chi connectivity index (χ1v) is 7.18. The molecule has 7 nitrogen and oxygen atoms in total. The van der Waals surface area contributed by atoms with Crippen LogP contribution in [0.25, 0.3) is 0 Å². The maximum absolute atomic E-state index is 12.0. The van der Waals surface area contributed by atoms with Gasteiger partial charge >= 0.3 is 6.09 Å². The fourth-order valence-corrected chi connectivity index (χ4v) is 2.16. The van der Waals surface area contributed by atoms with Gasteiger partial charge in [-0.15, -0.1) is 0 Å². The van der Waals surface area contributed by atoms with Gasteiger partial charge in [0, 0.05) is 18.4 Å². The molecule has 1 fully saturated rings. The second kappa shape index (κ2) is 7.65. The Morgan fingerprint density at radius 3 is 2.82 bits per heavy atom. The number of carbonyl (C=O) groups excluding carboxylic acids is 2. The predicted molar refractivity (Wildman–Crippen MR) is 81.2 cm³/mol. The summed E-state index contributed by atoms with van der Waals surface area (Å²) >= 11 is 0. The number of hydrogen-bond donors (Lipinski definition) is 2. The van der Waals surface area contributed by atoms with Crippen LogP contribution in [-0.2, 0) is 14.3 Å². The summed E-state index contributed by atoms with van der Waals surface area (Å²) in [5, 5.41) is 5.35. The van der Waals surface area contributed by atoms with Gasteiger partial charge in [0.15, 0.2) is 0 Å². The monoisotopic (exact) mass is 308 g/mol. The van der Waals surface area contributed by atoms with E-state index in [0.717, 1.165) is 12.8 Å². The first-order chi connectivity index (χ1) is 10.6. The Balaban J connectivity index is 2.04. The molecule has 2 amide bonds. The third-order valence-corrected chi connectivity index (χ3v) is 3.20. The minimum atomic E-state index is -0.558. The number of rotatable bonds is 5. The number of amides is 2. The Bertz CT molecular complexity index is 541. The molecule has 0 saturated carbocycles. The molecule has 1 heterocycles. The fourth-order valence-electron chi connectivity index (χ4n) is 2.16. The Morgan fingerprint density at radius 2 is 2.18 bits per heavy atom. The molecular formula is C15H20N2O5. The van der Waals surface area contributed by atoms with E-state index < -0.39 is 12.2 Å². The minimum absolute atomic E-state index is 0.175. The van der Waals surface area contributed by atoms with E-state index in [-0.39, 0.29) is 12.5 Å². The van der Waals surface area contributed by atoms with Crippen molar-refractivity contribution < 1.29 is 23.8 Å². The van der Waals surface area contributed by atoms with Crippen LogP contribution in [0, 0.1) is 0 Å². The molecule has 1 saturated heterocycles. The molecule has 0 aliphatic carbocycles. The summed E-state index contributed by atoms with van der Waals surface area (Å²) in [5.74, 6) is 0.254. The highest BCUT2D eigenvalue weighted by Crippen LogP contribution is 2.28. The average molecular weight is 308 g/mol. The summed E-state index contributed by atoms with van der Waals surface area (Å²) in [6.07, 6.45) is 0.662. The highest BCUT2D eigenvalue weighted by atomic mass is 16.5. The molecule has 1 aliphatic rings. The molecule has 120 valence electrons. The number of methoxy groups -OCH3 is 1. The van der Waals surface area contributed by atoms with Gasteiger partial charge in [-0.2, -0.15) is 0 Å². The maximum atomic E-state index is 12.0. The molecule has 2 rings (SSSR count). The van der Waals surface area contributed by atoms with Gasteiger partial charge in [0.1, 0.15) is 11.9 Å². The van der Waals surface area contributed by atoms with Gasteiger partial charge in [0.05, 0.1) is 19.4 Å². The third-order valence-electron chi connectivity index (χ3n) is 3.20. The predicted octanol–water partition coefficient (Wildman–Crippen LogP) is 2.38. The number of anilines is 2. The normalized spacial score (nSPS) is 16.9. The molecule has 1 aromatic rings. The Morgan fingerprint density at radius 1 is 1.36 bits per heavy atom. The van der Waals surface area contributed by atoms with Crippen molar-refractivity contribution >= 4 is 23.4 Å². The molecule has 7 heteroatoms. The van der Waals surface area contributed by atoms with E-state index in [2.05, 4.69) is 10.6 Å². The van der Waals surface area contributed by atoms with E-state index in [4.69, 9.17) is 14.2 Å². The summed E-state index contributed by atoms with van der Waals surface area (Å²) in [4.78, 5) is 23.4. The van der Waals surface area contributed by atoms with Crippen molar-refractivity contribution in [2.24, 2.45) is 0 Å². The lowest BCUT2D eigenvalue weighted by molar-refractivity contribution is -0.124. The molecule has 0 radical (unpaired) electrons. The van der Waals surface area contributed by atoms with E-state index in [1.165, 1.54) is 7.11 Å². The van der Waals surface area contributed by atoms with Crippen molar-refractivity contribution in [3.63, 3.8) is 0 Å². The average Bonchev–Trinajstić information content (AvgIpc) is 3.03. The lowest BCUT2D eigenvalue weighted by Crippen LogP contribution is -2.26. The van der Waals surface area contributed by atoms with Crippen molar-refractivity contribution in [3.05, 3.63) is 18.2 Å². The lowest BCUT2D eigenvalue weighted by Gasteiger charge is -2.14. The van der Waals surface area contributed by atoms with Crippen molar-refractivity contribution in [2.75, 3.05) is 31.0 Å². The number of hydrogen-bond acceptors (Lipinski definition) is 5. The molecule has 22 heavy (non-hydrogen) atoms. The topological polar surface area (TPSA) is 85.9 Å². The highest BCUT2D eigenvalue weighted by Gasteiger charge is 2.23. The summed E-state index contributed by atoms with van der Waals surface area (Å²) in [6, 6.07) is 4.95. The van der Waals surface area contributed by atoms with Crippen LogP contribution < -0.4 is 15.4 Å². The summed E-state index contributed by atoms with van der Waals surface area (Å²) in [7, 11) is 1.48. The van der Waals surface area contributed by atoms with Gasteiger partial charge in [-0.1, -0.05) is 0 Å². The van der Waals surface area contributed by atoms with Crippen LogP contribution in [0.5, 0.6) is 5.75 Å². The van der Waals surface area contributed by atoms with Crippen LogP contribution in [0.15, 0.2) is 18.2 Å². The largest absolute Gasteiger partial charge is 0.494 e. The lowest BCUT2D eigenvalue weighted by atomic mass is 10.2. The quantitative estimate of drug-likeness (QED) is 0.872. The zero-order valence-corrected chi connectivity index (χ0v) is 12.7. The molecule has 0 bridgehead atoms. The standard InChI is InChI=1S/C15H20N2O5/c1-3-21-15(19)17-11-7-6-10(9-13(11)20-2)16-14(18)12-5-4-8-22-12/h6-7,9,12H,3-5,8H2,1-2H3,(H,16,18)(H,17,19)/t12-/m1/s1. The molecule has 2 N–H and O–H groups in total. The Hall–Kier alpha value is -2.28. The SMILES string of the molecule is CCOC(=O)Nc1ccc(NC(=O)[C@H]2CCCO2)cc1OC. The summed E-state index contributed by atoms with van der Waals surface area (Å²) in [5.41, 5.74) is 1.04. The van der Waals surface area contributed by atoms with E-state index in [1.807, 2.05) is 0 Å². The van der Waals surface area contributed by atoms with Crippen LogP contribution in [0.4, 0.5) is 16.2 Å². The van der Waals surface area contributed by atoms with E-state index in [1.54, 1.807) is 25.1 Å². The molecule has 1 aliphatic heterocycles. The van der Waals surface area contributed by atoms with Gasteiger partial charge < -0.3 is 19.5 Å². The minimum Gasteiger partial charge on any atom is -0.494 e. The number of benzene rings is 1. The molecule has 1 atom stereocenters. The van der Waals surface area contributed by atoms with Gasteiger partial charge in [0.25, 0.3) is 5.91 Å². The van der Waals surface area contributed by atoms with Crippen molar-refractivity contribution in [1.29, 1.82) is 0 Å². The molecule has 0 aromatic heterocycles. The third kappa shape index (κ3) is 4.11. The van der Waals surface area contributed by atoms with Crippen LogP contribution in [0.2, 0.25) is 0 Å². The van der Waals surface area contributed by atoms with E-state index >= 15 is 0 Å². The van der Waals surface area contributed by atoms with Gasteiger partial charge in [-0.05, 0) is 31.9 Å². The molecule has 0 spiro atoms. The molecular weight excluding hydrogens is 288 g/mol. The van der Waals surface area contributed by atoms with Crippen LogP contribution >= 0.6 is 0 Å². The smallest absolute Gasteiger partial charge is 0.411 e. The van der Waals surface area contributed by atoms with Crippen molar-refractivity contribution in [3.8, 4) is 5.75 Å². The van der Waals surface area contributed by atoms with Crippen LogP contribution in [-0.4, -0.2) is 38.4 Å². The zero-order valence-electron chi connectivity index (χ0n) is 12.7. The summed E-state index contributed by atoms with van der Waals surface area (Å²) < 4.78 is 15.4.